The Morgan fingerprint density at radius 2 is 1.77 bits per heavy atom. The molecule has 4 heterocycles. The van der Waals surface area contributed by atoms with Gasteiger partial charge in [-0.1, -0.05) is 36.4 Å². The van der Waals surface area contributed by atoms with Gasteiger partial charge in [-0.05, 0) is 23.1 Å². The van der Waals surface area contributed by atoms with Crippen molar-refractivity contribution in [2.24, 2.45) is 0 Å². The van der Waals surface area contributed by atoms with Gasteiger partial charge in [0.25, 0.3) is 0 Å². The first kappa shape index (κ1) is 20.5. The van der Waals surface area contributed by atoms with E-state index in [1.807, 2.05) is 41.8 Å². The van der Waals surface area contributed by atoms with Gasteiger partial charge in [0.2, 0.25) is 16.0 Å². The SMILES string of the molecule is O=S(=O)(Cc1ccccc1)NC1COC2C(Nc3nccc(-c4cccs4)n3)COC12. The van der Waals surface area contributed by atoms with Crippen molar-refractivity contribution in [1.29, 1.82) is 0 Å². The van der Waals surface area contributed by atoms with E-state index in [0.717, 1.165) is 16.1 Å². The number of ether oxygens (including phenoxy) is 2. The number of hydrogen-bond donors (Lipinski definition) is 2. The second-order valence-electron chi connectivity index (χ2n) is 7.56. The maximum atomic E-state index is 12.6. The van der Waals surface area contributed by atoms with Crippen LogP contribution in [0.5, 0.6) is 0 Å². The Bertz CT molecular complexity index is 1130. The molecule has 0 amide bonds. The Hall–Kier alpha value is -2.37. The van der Waals surface area contributed by atoms with Crippen molar-refractivity contribution < 1.29 is 17.9 Å². The number of fused-ring (bicyclic) bond motifs is 1. The van der Waals surface area contributed by atoms with Crippen LogP contribution in [0.4, 0.5) is 5.95 Å². The van der Waals surface area contributed by atoms with Gasteiger partial charge in [-0.3, -0.25) is 0 Å². The summed E-state index contributed by atoms with van der Waals surface area (Å²) < 4.78 is 39.8. The number of sulfonamides is 1. The molecule has 1 aromatic carbocycles. The zero-order valence-electron chi connectivity index (χ0n) is 16.5. The topological polar surface area (TPSA) is 102 Å². The van der Waals surface area contributed by atoms with Gasteiger partial charge in [-0.2, -0.15) is 0 Å². The third-order valence-corrected chi connectivity index (χ3v) is 7.60. The van der Waals surface area contributed by atoms with Crippen LogP contribution in [0.1, 0.15) is 5.56 Å². The molecule has 2 fully saturated rings. The van der Waals surface area contributed by atoms with Crippen LogP contribution in [0, 0.1) is 0 Å². The van der Waals surface area contributed by atoms with Crippen LogP contribution in [0.15, 0.2) is 60.1 Å². The van der Waals surface area contributed by atoms with Crippen molar-refractivity contribution in [1.82, 2.24) is 14.7 Å². The number of hydrogen-bond acceptors (Lipinski definition) is 8. The summed E-state index contributed by atoms with van der Waals surface area (Å²) in [5, 5.41) is 5.30. The van der Waals surface area contributed by atoms with Crippen molar-refractivity contribution in [3.05, 3.63) is 65.7 Å². The van der Waals surface area contributed by atoms with Crippen LogP contribution < -0.4 is 10.0 Å². The lowest BCUT2D eigenvalue weighted by atomic mass is 10.1. The predicted octanol–water partition coefficient (Wildman–Crippen LogP) is 2.27. The van der Waals surface area contributed by atoms with E-state index >= 15 is 0 Å². The van der Waals surface area contributed by atoms with E-state index in [2.05, 4.69) is 20.0 Å². The Kier molecular flexibility index (Phi) is 5.72. The van der Waals surface area contributed by atoms with E-state index in [9.17, 15) is 8.42 Å². The van der Waals surface area contributed by atoms with Gasteiger partial charge in [-0.15, -0.1) is 11.3 Å². The van der Waals surface area contributed by atoms with Gasteiger partial charge >= 0.3 is 0 Å². The van der Waals surface area contributed by atoms with Crippen molar-refractivity contribution in [2.75, 3.05) is 18.5 Å². The molecule has 4 atom stereocenters. The number of rotatable bonds is 7. The molecule has 2 N–H and O–H groups in total. The number of anilines is 1. The van der Waals surface area contributed by atoms with Crippen LogP contribution >= 0.6 is 11.3 Å². The van der Waals surface area contributed by atoms with Gasteiger partial charge in [0.15, 0.2) is 0 Å². The van der Waals surface area contributed by atoms with E-state index < -0.39 is 16.1 Å². The fraction of sp³-hybridized carbons (Fsp3) is 0.333. The quantitative estimate of drug-likeness (QED) is 0.560. The zero-order chi connectivity index (χ0) is 21.3. The van der Waals surface area contributed by atoms with E-state index in [1.54, 1.807) is 29.7 Å². The fourth-order valence-corrected chi connectivity index (χ4v) is 6.02. The summed E-state index contributed by atoms with van der Waals surface area (Å²) in [4.78, 5) is 9.96. The highest BCUT2D eigenvalue weighted by molar-refractivity contribution is 7.88. The van der Waals surface area contributed by atoms with Crippen LogP contribution in [0.2, 0.25) is 0 Å². The summed E-state index contributed by atoms with van der Waals surface area (Å²) in [6.07, 6.45) is 1.08. The van der Waals surface area contributed by atoms with E-state index in [0.29, 0.717) is 12.6 Å². The molecule has 5 rings (SSSR count). The summed E-state index contributed by atoms with van der Waals surface area (Å²) in [5.41, 5.74) is 1.59. The summed E-state index contributed by atoms with van der Waals surface area (Å²) in [6.45, 7) is 0.649. The van der Waals surface area contributed by atoms with Gasteiger partial charge in [0.05, 0.1) is 41.6 Å². The van der Waals surface area contributed by atoms with Crippen molar-refractivity contribution in [3.8, 4) is 10.6 Å². The molecule has 2 saturated heterocycles. The Balaban J connectivity index is 1.23. The summed E-state index contributed by atoms with van der Waals surface area (Å²) in [5.74, 6) is 0.420. The Labute approximate surface area is 184 Å². The molecule has 31 heavy (non-hydrogen) atoms. The lowest BCUT2D eigenvalue weighted by Crippen LogP contribution is -2.45. The van der Waals surface area contributed by atoms with Crippen LogP contribution in [0.25, 0.3) is 10.6 Å². The fourth-order valence-electron chi connectivity index (χ4n) is 3.95. The molecule has 0 saturated carbocycles. The molecular formula is C21H22N4O4S2. The molecule has 3 aromatic rings. The second kappa shape index (κ2) is 8.64. The first-order valence-corrected chi connectivity index (χ1v) is 12.5. The number of thiophene rings is 1. The highest BCUT2D eigenvalue weighted by atomic mass is 32.2. The van der Waals surface area contributed by atoms with Crippen LogP contribution in [-0.2, 0) is 25.2 Å². The molecule has 10 heteroatoms. The Morgan fingerprint density at radius 3 is 2.55 bits per heavy atom. The molecule has 2 aromatic heterocycles. The average Bonchev–Trinajstić information content (AvgIpc) is 3.49. The number of aromatic nitrogens is 2. The molecule has 8 nitrogen and oxygen atoms in total. The van der Waals surface area contributed by atoms with E-state index in [1.165, 1.54) is 0 Å². The second-order valence-corrected chi connectivity index (χ2v) is 10.3. The molecule has 162 valence electrons. The normalized spacial score (nSPS) is 25.4. The van der Waals surface area contributed by atoms with E-state index in [4.69, 9.17) is 9.47 Å². The van der Waals surface area contributed by atoms with Crippen LogP contribution in [0.3, 0.4) is 0 Å². The third-order valence-electron chi connectivity index (χ3n) is 5.33. The summed E-state index contributed by atoms with van der Waals surface area (Å²) in [6, 6.07) is 14.4. The maximum absolute atomic E-state index is 12.6. The number of nitrogens with one attached hydrogen (secondary N) is 2. The minimum atomic E-state index is -3.52. The minimum Gasteiger partial charge on any atom is -0.371 e. The highest BCUT2D eigenvalue weighted by Crippen LogP contribution is 2.30. The van der Waals surface area contributed by atoms with Crippen molar-refractivity contribution in [2.45, 2.75) is 30.0 Å². The molecule has 2 aliphatic heterocycles. The molecule has 0 spiro atoms. The lowest BCUT2D eigenvalue weighted by Gasteiger charge is -2.18. The summed E-state index contributed by atoms with van der Waals surface area (Å²) in [7, 11) is -3.52. The van der Waals surface area contributed by atoms with E-state index in [-0.39, 0.29) is 30.6 Å². The van der Waals surface area contributed by atoms with Crippen LogP contribution in [-0.4, -0.2) is 55.9 Å². The van der Waals surface area contributed by atoms with Crippen molar-refractivity contribution >= 4 is 27.3 Å². The largest absolute Gasteiger partial charge is 0.371 e. The average molecular weight is 459 g/mol. The number of nitrogens with zero attached hydrogens (tertiary/aromatic N) is 2. The molecular weight excluding hydrogens is 436 g/mol. The minimum absolute atomic E-state index is 0.0766. The number of benzene rings is 1. The monoisotopic (exact) mass is 458 g/mol. The zero-order valence-corrected chi connectivity index (χ0v) is 18.2. The Morgan fingerprint density at radius 1 is 1.00 bits per heavy atom. The maximum Gasteiger partial charge on any atom is 0.223 e. The summed E-state index contributed by atoms with van der Waals surface area (Å²) >= 11 is 1.62. The predicted molar refractivity (Wildman–Crippen MR) is 118 cm³/mol. The molecule has 0 aliphatic carbocycles. The van der Waals surface area contributed by atoms with Gasteiger partial charge in [0.1, 0.15) is 12.2 Å². The smallest absolute Gasteiger partial charge is 0.223 e. The highest BCUT2D eigenvalue weighted by Gasteiger charge is 2.49. The van der Waals surface area contributed by atoms with Gasteiger partial charge in [0, 0.05) is 6.20 Å². The molecule has 2 aliphatic rings. The molecule has 0 radical (unpaired) electrons. The molecule has 0 bridgehead atoms. The first-order valence-electron chi connectivity index (χ1n) is 9.98. The first-order chi connectivity index (χ1) is 15.1. The van der Waals surface area contributed by atoms with Gasteiger partial charge < -0.3 is 14.8 Å². The standard InChI is InChI=1S/C21H22N4O4S2/c26-31(27,13-14-5-2-1-3-6-14)25-17-12-29-19-16(11-28-20(17)19)24-21-22-9-8-15(23-21)18-7-4-10-30-18/h1-10,16-17,19-20,25H,11-13H2,(H,22,23,24). The van der Waals surface area contributed by atoms with Gasteiger partial charge in [-0.25, -0.2) is 23.1 Å². The van der Waals surface area contributed by atoms with Crippen molar-refractivity contribution in [3.63, 3.8) is 0 Å². The lowest BCUT2D eigenvalue weighted by molar-refractivity contribution is 0.0690. The third kappa shape index (κ3) is 4.63. The molecule has 4 unspecified atom stereocenters.